The number of amides is 1. The Hall–Kier alpha value is -2.14. The molecule has 0 heterocycles. The Bertz CT molecular complexity index is 539. The SMILES string of the molecule is C=CC(=O)OCCOC(=O)N(C)C1(C)CC(N=C=O)CC(C)(C)C1. The van der Waals surface area contributed by atoms with Gasteiger partial charge in [0, 0.05) is 18.7 Å². The summed E-state index contributed by atoms with van der Waals surface area (Å²) in [5.41, 5.74) is -0.548. The van der Waals surface area contributed by atoms with Gasteiger partial charge in [0.1, 0.15) is 13.2 Å². The summed E-state index contributed by atoms with van der Waals surface area (Å²) in [4.78, 5) is 39.2. The molecule has 0 aliphatic heterocycles. The van der Waals surface area contributed by atoms with Crippen molar-refractivity contribution in [2.24, 2.45) is 10.4 Å². The smallest absolute Gasteiger partial charge is 0.410 e. The van der Waals surface area contributed by atoms with Crippen LogP contribution in [0.15, 0.2) is 17.6 Å². The first kappa shape index (κ1) is 19.9. The minimum Gasteiger partial charge on any atom is -0.459 e. The van der Waals surface area contributed by atoms with Crippen molar-refractivity contribution in [1.82, 2.24) is 4.90 Å². The molecule has 1 amide bonds. The van der Waals surface area contributed by atoms with Crippen LogP contribution in [0.3, 0.4) is 0 Å². The zero-order valence-electron chi connectivity index (χ0n) is 14.8. The molecule has 1 rings (SSSR count). The van der Waals surface area contributed by atoms with Crippen molar-refractivity contribution < 1.29 is 23.9 Å². The number of ether oxygens (including phenoxy) is 2. The Morgan fingerprint density at radius 2 is 1.92 bits per heavy atom. The Morgan fingerprint density at radius 1 is 1.29 bits per heavy atom. The van der Waals surface area contributed by atoms with E-state index in [1.54, 1.807) is 13.1 Å². The summed E-state index contributed by atoms with van der Waals surface area (Å²) in [6, 6.07) is -0.167. The molecule has 0 radical (unpaired) electrons. The zero-order valence-corrected chi connectivity index (χ0v) is 14.8. The van der Waals surface area contributed by atoms with Crippen LogP contribution in [0, 0.1) is 5.41 Å². The van der Waals surface area contributed by atoms with Crippen molar-refractivity contribution >= 4 is 18.1 Å². The van der Waals surface area contributed by atoms with Crippen molar-refractivity contribution in [3.8, 4) is 0 Å². The number of hydrogen-bond acceptors (Lipinski definition) is 6. The van der Waals surface area contributed by atoms with Gasteiger partial charge in [-0.1, -0.05) is 20.4 Å². The number of rotatable bonds is 6. The van der Waals surface area contributed by atoms with E-state index in [1.807, 2.05) is 6.92 Å². The standard InChI is InChI=1S/C17H26N2O5/c1-6-14(21)23-7-8-24-15(22)19(5)17(4)10-13(18-12-20)9-16(2,3)11-17/h6,13H,1,7-11H2,2-5H3. The molecule has 0 aromatic carbocycles. The highest BCUT2D eigenvalue weighted by molar-refractivity contribution is 5.81. The van der Waals surface area contributed by atoms with E-state index in [1.165, 1.54) is 4.90 Å². The fraction of sp³-hybridized carbons (Fsp3) is 0.706. The minimum absolute atomic E-state index is 0.0231. The second kappa shape index (κ2) is 8.11. The van der Waals surface area contributed by atoms with Crippen LogP contribution in [0.1, 0.15) is 40.0 Å². The van der Waals surface area contributed by atoms with Crippen molar-refractivity contribution in [2.45, 2.75) is 51.6 Å². The monoisotopic (exact) mass is 338 g/mol. The predicted molar refractivity (Wildman–Crippen MR) is 88.2 cm³/mol. The number of hydrogen-bond donors (Lipinski definition) is 0. The summed E-state index contributed by atoms with van der Waals surface area (Å²) in [6.07, 6.45) is 4.28. The van der Waals surface area contributed by atoms with Crippen LogP contribution in [0.4, 0.5) is 4.79 Å². The molecule has 1 saturated carbocycles. The first-order valence-corrected chi connectivity index (χ1v) is 7.90. The van der Waals surface area contributed by atoms with E-state index in [2.05, 4.69) is 25.4 Å². The number of esters is 1. The molecule has 7 heteroatoms. The molecule has 0 aromatic heterocycles. The number of nitrogens with zero attached hydrogens (tertiary/aromatic N) is 2. The molecule has 1 fully saturated rings. The van der Waals surface area contributed by atoms with Gasteiger partial charge in [-0.05, 0) is 31.6 Å². The van der Waals surface area contributed by atoms with E-state index in [9.17, 15) is 14.4 Å². The van der Waals surface area contributed by atoms with E-state index in [4.69, 9.17) is 9.47 Å². The van der Waals surface area contributed by atoms with Crippen molar-refractivity contribution in [2.75, 3.05) is 20.3 Å². The van der Waals surface area contributed by atoms with Gasteiger partial charge in [0.15, 0.2) is 0 Å². The lowest BCUT2D eigenvalue weighted by atomic mass is 9.66. The summed E-state index contributed by atoms with van der Waals surface area (Å²) in [6.45, 7) is 9.37. The summed E-state index contributed by atoms with van der Waals surface area (Å²) in [5, 5.41) is 0. The normalized spacial score (nSPS) is 25.1. The highest BCUT2D eigenvalue weighted by Gasteiger charge is 2.45. The molecule has 7 nitrogen and oxygen atoms in total. The molecular weight excluding hydrogens is 312 g/mol. The molecule has 2 atom stereocenters. The fourth-order valence-electron chi connectivity index (χ4n) is 3.46. The average molecular weight is 338 g/mol. The maximum atomic E-state index is 12.3. The molecule has 0 spiro atoms. The van der Waals surface area contributed by atoms with Crippen LogP contribution in [0.25, 0.3) is 0 Å². The van der Waals surface area contributed by atoms with E-state index < -0.39 is 17.6 Å². The molecule has 0 N–H and O–H groups in total. The molecule has 0 saturated heterocycles. The fourth-order valence-corrected chi connectivity index (χ4v) is 3.46. The molecule has 134 valence electrons. The lowest BCUT2D eigenvalue weighted by molar-refractivity contribution is -0.138. The average Bonchev–Trinajstić information content (AvgIpc) is 2.48. The third-order valence-corrected chi connectivity index (χ3v) is 4.36. The number of carbonyl (C=O) groups excluding carboxylic acids is 3. The van der Waals surface area contributed by atoms with E-state index in [0.29, 0.717) is 6.42 Å². The van der Waals surface area contributed by atoms with E-state index in [-0.39, 0.29) is 24.7 Å². The molecule has 24 heavy (non-hydrogen) atoms. The largest absolute Gasteiger partial charge is 0.459 e. The second-order valence-corrected chi connectivity index (χ2v) is 7.17. The molecule has 1 aliphatic carbocycles. The van der Waals surface area contributed by atoms with Gasteiger partial charge in [0.25, 0.3) is 0 Å². The Kier molecular flexibility index (Phi) is 6.72. The van der Waals surface area contributed by atoms with Crippen LogP contribution in [-0.4, -0.2) is 54.9 Å². The van der Waals surface area contributed by atoms with Crippen molar-refractivity contribution in [1.29, 1.82) is 0 Å². The highest BCUT2D eigenvalue weighted by atomic mass is 16.6. The van der Waals surface area contributed by atoms with Crippen molar-refractivity contribution in [3.05, 3.63) is 12.7 Å². The van der Waals surface area contributed by atoms with Gasteiger partial charge in [0.05, 0.1) is 6.04 Å². The first-order chi connectivity index (χ1) is 11.1. The summed E-state index contributed by atoms with van der Waals surface area (Å²) >= 11 is 0. The van der Waals surface area contributed by atoms with Gasteiger partial charge >= 0.3 is 12.1 Å². The zero-order chi connectivity index (χ0) is 18.4. The van der Waals surface area contributed by atoms with Gasteiger partial charge in [-0.15, -0.1) is 0 Å². The molecule has 1 aliphatic rings. The second-order valence-electron chi connectivity index (χ2n) is 7.17. The minimum atomic E-state index is -0.560. The van der Waals surface area contributed by atoms with Gasteiger partial charge in [0.2, 0.25) is 6.08 Å². The highest BCUT2D eigenvalue weighted by Crippen LogP contribution is 2.44. The summed E-state index contributed by atoms with van der Waals surface area (Å²) < 4.78 is 9.91. The molecule has 2 unspecified atom stereocenters. The maximum absolute atomic E-state index is 12.3. The Labute approximate surface area is 142 Å². The van der Waals surface area contributed by atoms with Gasteiger partial charge in [-0.2, -0.15) is 0 Å². The summed E-state index contributed by atoms with van der Waals surface area (Å²) in [5.74, 6) is -0.560. The lowest BCUT2D eigenvalue weighted by Gasteiger charge is -2.49. The van der Waals surface area contributed by atoms with Crippen LogP contribution in [0.2, 0.25) is 0 Å². The van der Waals surface area contributed by atoms with E-state index >= 15 is 0 Å². The van der Waals surface area contributed by atoms with Crippen LogP contribution < -0.4 is 0 Å². The first-order valence-electron chi connectivity index (χ1n) is 7.90. The Morgan fingerprint density at radius 3 is 2.50 bits per heavy atom. The van der Waals surface area contributed by atoms with Crippen LogP contribution >= 0.6 is 0 Å². The molecule has 0 bridgehead atoms. The van der Waals surface area contributed by atoms with E-state index in [0.717, 1.165) is 18.9 Å². The number of aliphatic imine (C=N–C) groups is 1. The molecular formula is C17H26N2O5. The van der Waals surface area contributed by atoms with Crippen molar-refractivity contribution in [3.63, 3.8) is 0 Å². The van der Waals surface area contributed by atoms with Gasteiger partial charge in [-0.3, -0.25) is 0 Å². The predicted octanol–water partition coefficient (Wildman–Crippen LogP) is 2.46. The molecule has 0 aromatic rings. The quantitative estimate of drug-likeness (QED) is 0.244. The topological polar surface area (TPSA) is 85.3 Å². The Balaban J connectivity index is 2.67. The van der Waals surface area contributed by atoms with Crippen LogP contribution in [-0.2, 0) is 19.1 Å². The van der Waals surface area contributed by atoms with Gasteiger partial charge in [-0.25, -0.2) is 19.4 Å². The number of carbonyl (C=O) groups is 2. The summed E-state index contributed by atoms with van der Waals surface area (Å²) in [7, 11) is 1.67. The maximum Gasteiger partial charge on any atom is 0.410 e. The van der Waals surface area contributed by atoms with Crippen LogP contribution in [0.5, 0.6) is 0 Å². The number of isocyanates is 1. The third-order valence-electron chi connectivity index (χ3n) is 4.36. The third kappa shape index (κ3) is 5.49. The van der Waals surface area contributed by atoms with Gasteiger partial charge < -0.3 is 14.4 Å². The lowest BCUT2D eigenvalue weighted by Crippen LogP contribution is -2.54.